The van der Waals surface area contributed by atoms with Gasteiger partial charge in [0.25, 0.3) is 0 Å². The minimum Gasteiger partial charge on any atom is -0.352 e. The molecule has 1 N–H and O–H groups in total. The third-order valence-electron chi connectivity index (χ3n) is 3.72. The number of benzene rings is 1. The van der Waals surface area contributed by atoms with E-state index in [0.717, 1.165) is 21.6 Å². The Hall–Kier alpha value is -2.24. The van der Waals surface area contributed by atoms with Crippen LogP contribution in [0.3, 0.4) is 0 Å². The molecule has 0 bridgehead atoms. The molecule has 128 valence electrons. The van der Waals surface area contributed by atoms with Crippen LogP contribution in [0.15, 0.2) is 54.2 Å². The van der Waals surface area contributed by atoms with E-state index in [1.807, 2.05) is 29.8 Å². The minimum absolute atomic E-state index is 0.0862. The second kappa shape index (κ2) is 8.23. The fraction of sp³-hybridized carbons (Fsp3) is 0.158. The van der Waals surface area contributed by atoms with Gasteiger partial charge in [0, 0.05) is 35.8 Å². The maximum absolute atomic E-state index is 13.4. The quantitative estimate of drug-likeness (QED) is 0.670. The van der Waals surface area contributed by atoms with Gasteiger partial charge in [0.05, 0.1) is 5.02 Å². The lowest BCUT2D eigenvalue weighted by Crippen LogP contribution is -2.23. The Labute approximate surface area is 154 Å². The second-order valence-corrected chi connectivity index (χ2v) is 6.94. The highest BCUT2D eigenvalue weighted by Crippen LogP contribution is 2.24. The van der Waals surface area contributed by atoms with E-state index in [1.165, 1.54) is 12.1 Å². The Morgan fingerprint density at radius 1 is 1.20 bits per heavy atom. The van der Waals surface area contributed by atoms with Crippen LogP contribution in [0.5, 0.6) is 0 Å². The van der Waals surface area contributed by atoms with Crippen molar-refractivity contribution in [1.29, 1.82) is 0 Å². The third kappa shape index (κ3) is 4.87. The third-order valence-corrected chi connectivity index (χ3v) is 4.94. The molecule has 6 heteroatoms. The van der Waals surface area contributed by atoms with Gasteiger partial charge in [0.1, 0.15) is 5.82 Å². The first-order chi connectivity index (χ1) is 12.1. The van der Waals surface area contributed by atoms with Crippen LogP contribution < -0.4 is 5.32 Å². The van der Waals surface area contributed by atoms with E-state index in [0.29, 0.717) is 19.4 Å². The molecule has 3 rings (SSSR count). The molecule has 0 spiro atoms. The van der Waals surface area contributed by atoms with E-state index < -0.39 is 5.82 Å². The predicted molar refractivity (Wildman–Crippen MR) is 99.1 cm³/mol. The summed E-state index contributed by atoms with van der Waals surface area (Å²) in [6.07, 6.45) is 4.31. The normalized spacial score (nSPS) is 10.6. The molecule has 1 aromatic carbocycles. The zero-order valence-corrected chi connectivity index (χ0v) is 14.9. The van der Waals surface area contributed by atoms with Crippen LogP contribution in [-0.2, 0) is 17.8 Å². The van der Waals surface area contributed by atoms with Gasteiger partial charge in [0.2, 0.25) is 5.91 Å². The zero-order chi connectivity index (χ0) is 17.6. The predicted octanol–water partition coefficient (Wildman–Crippen LogP) is 4.85. The highest BCUT2D eigenvalue weighted by Gasteiger charge is 2.06. The Morgan fingerprint density at radius 3 is 2.84 bits per heavy atom. The van der Waals surface area contributed by atoms with Crippen molar-refractivity contribution in [2.75, 3.05) is 0 Å². The molecule has 25 heavy (non-hydrogen) atoms. The van der Waals surface area contributed by atoms with Crippen molar-refractivity contribution in [2.24, 2.45) is 0 Å². The largest absolute Gasteiger partial charge is 0.352 e. The lowest BCUT2D eigenvalue weighted by molar-refractivity contribution is -0.121. The number of amides is 1. The van der Waals surface area contributed by atoms with Crippen LogP contribution in [0.2, 0.25) is 5.02 Å². The fourth-order valence-electron chi connectivity index (χ4n) is 2.40. The molecular weight excluding hydrogens is 359 g/mol. The summed E-state index contributed by atoms with van der Waals surface area (Å²) in [6, 6.07) is 10.7. The van der Waals surface area contributed by atoms with Crippen molar-refractivity contribution in [3.63, 3.8) is 0 Å². The van der Waals surface area contributed by atoms with E-state index in [-0.39, 0.29) is 10.9 Å². The molecule has 0 unspecified atom stereocenters. The van der Waals surface area contributed by atoms with E-state index >= 15 is 0 Å². The number of thiophene rings is 1. The van der Waals surface area contributed by atoms with Crippen LogP contribution in [0, 0.1) is 5.82 Å². The molecule has 0 aliphatic heterocycles. The van der Waals surface area contributed by atoms with Gasteiger partial charge < -0.3 is 5.32 Å². The van der Waals surface area contributed by atoms with E-state index in [2.05, 4.69) is 10.3 Å². The van der Waals surface area contributed by atoms with Crippen LogP contribution in [0.1, 0.15) is 17.5 Å². The highest BCUT2D eigenvalue weighted by atomic mass is 35.5. The smallest absolute Gasteiger partial charge is 0.220 e. The maximum atomic E-state index is 13.4. The summed E-state index contributed by atoms with van der Waals surface area (Å²) in [5.74, 6) is -0.548. The van der Waals surface area contributed by atoms with Crippen LogP contribution >= 0.6 is 22.9 Å². The molecule has 0 aliphatic carbocycles. The minimum atomic E-state index is -0.462. The molecule has 0 atom stereocenters. The Bertz CT molecular complexity index is 868. The van der Waals surface area contributed by atoms with Crippen LogP contribution in [-0.4, -0.2) is 10.9 Å². The van der Waals surface area contributed by atoms with Gasteiger partial charge in [0.15, 0.2) is 0 Å². The Kier molecular flexibility index (Phi) is 5.79. The van der Waals surface area contributed by atoms with Gasteiger partial charge >= 0.3 is 0 Å². The molecular formula is C19H16ClFN2OS. The summed E-state index contributed by atoms with van der Waals surface area (Å²) < 4.78 is 13.4. The lowest BCUT2D eigenvalue weighted by Gasteiger charge is -2.07. The number of nitrogens with zero attached hydrogens (tertiary/aromatic N) is 1. The molecule has 0 radical (unpaired) electrons. The molecule has 3 nitrogen and oxygen atoms in total. The second-order valence-electron chi connectivity index (χ2n) is 5.58. The highest BCUT2D eigenvalue weighted by molar-refractivity contribution is 7.13. The molecule has 1 amide bonds. The van der Waals surface area contributed by atoms with Crippen LogP contribution in [0.25, 0.3) is 10.4 Å². The van der Waals surface area contributed by atoms with Crippen LogP contribution in [0.4, 0.5) is 4.39 Å². The van der Waals surface area contributed by atoms with Gasteiger partial charge in [-0.25, -0.2) is 4.39 Å². The Balaban J connectivity index is 1.52. The number of hydrogen-bond donors (Lipinski definition) is 1. The Morgan fingerprint density at radius 2 is 2.08 bits per heavy atom. The summed E-state index contributed by atoms with van der Waals surface area (Å²) >= 11 is 7.30. The first kappa shape index (κ1) is 17.6. The number of carbonyl (C=O) groups excluding carboxylic acids is 1. The van der Waals surface area contributed by atoms with Gasteiger partial charge in [-0.3, -0.25) is 9.78 Å². The number of pyridine rings is 1. The number of aryl methyl sites for hydroxylation is 1. The van der Waals surface area contributed by atoms with Gasteiger partial charge in [-0.05, 0) is 47.2 Å². The molecule has 0 fully saturated rings. The first-order valence-electron chi connectivity index (χ1n) is 7.80. The SMILES string of the molecule is O=C(CCc1ccc(Cl)c(F)c1)NCc1cncc(-c2cccs2)c1. The number of halogens is 2. The van der Waals surface area contributed by atoms with Crippen molar-refractivity contribution in [3.05, 3.63) is 76.1 Å². The molecule has 0 aliphatic rings. The number of aromatic nitrogens is 1. The number of rotatable bonds is 6. The van der Waals surface area contributed by atoms with Crippen molar-refractivity contribution >= 4 is 28.8 Å². The van der Waals surface area contributed by atoms with Gasteiger partial charge in [-0.2, -0.15) is 0 Å². The summed E-state index contributed by atoms with van der Waals surface area (Å²) in [5.41, 5.74) is 2.73. The average Bonchev–Trinajstić information content (AvgIpc) is 3.16. The summed E-state index contributed by atoms with van der Waals surface area (Å²) in [6.45, 7) is 0.417. The van der Waals surface area contributed by atoms with E-state index in [4.69, 9.17) is 11.6 Å². The molecule has 0 saturated carbocycles. The fourth-order valence-corrected chi connectivity index (χ4v) is 3.23. The van der Waals surface area contributed by atoms with Crippen molar-refractivity contribution in [2.45, 2.75) is 19.4 Å². The molecule has 0 saturated heterocycles. The number of hydrogen-bond acceptors (Lipinski definition) is 3. The molecule has 3 aromatic rings. The summed E-state index contributed by atoms with van der Waals surface area (Å²) in [7, 11) is 0. The number of carbonyl (C=O) groups is 1. The number of nitrogens with one attached hydrogen (secondary N) is 1. The molecule has 2 aromatic heterocycles. The van der Waals surface area contributed by atoms with Gasteiger partial charge in [-0.15, -0.1) is 11.3 Å². The van der Waals surface area contributed by atoms with E-state index in [9.17, 15) is 9.18 Å². The first-order valence-corrected chi connectivity index (χ1v) is 9.06. The topological polar surface area (TPSA) is 42.0 Å². The molecule has 2 heterocycles. The van der Waals surface area contributed by atoms with E-state index in [1.54, 1.807) is 23.6 Å². The summed E-state index contributed by atoms with van der Waals surface area (Å²) in [4.78, 5) is 17.4. The van der Waals surface area contributed by atoms with Gasteiger partial charge in [-0.1, -0.05) is 23.7 Å². The van der Waals surface area contributed by atoms with Crippen molar-refractivity contribution in [1.82, 2.24) is 10.3 Å². The maximum Gasteiger partial charge on any atom is 0.220 e. The summed E-state index contributed by atoms with van der Waals surface area (Å²) in [5, 5.41) is 4.98. The average molecular weight is 375 g/mol. The van der Waals surface area contributed by atoms with Crippen molar-refractivity contribution < 1.29 is 9.18 Å². The van der Waals surface area contributed by atoms with Crippen molar-refractivity contribution in [3.8, 4) is 10.4 Å². The lowest BCUT2D eigenvalue weighted by atomic mass is 10.1. The zero-order valence-electron chi connectivity index (χ0n) is 13.3. The monoisotopic (exact) mass is 374 g/mol. The standard InChI is InChI=1S/C19H16ClFN2OS/c20-16-5-3-13(9-17(16)21)4-6-19(24)23-11-14-8-15(12-22-10-14)18-2-1-7-25-18/h1-3,5,7-10,12H,4,6,11H2,(H,23,24).